The number of carbonyl (C=O) groups excluding carboxylic acids is 3. The van der Waals surface area contributed by atoms with E-state index in [1.807, 2.05) is 83.5 Å². The van der Waals surface area contributed by atoms with Crippen LogP contribution >= 0.6 is 0 Å². The Morgan fingerprint density at radius 3 is 1.09 bits per heavy atom. The van der Waals surface area contributed by atoms with Gasteiger partial charge in [0.05, 0.1) is 0 Å². The van der Waals surface area contributed by atoms with E-state index in [-0.39, 0.29) is 24.3 Å². The zero-order valence-electron chi connectivity index (χ0n) is 36.1. The van der Waals surface area contributed by atoms with Crippen molar-refractivity contribution < 1.29 is 28.6 Å². The lowest BCUT2D eigenvalue weighted by Crippen LogP contribution is -2.42. The number of carbonyl (C=O) groups is 3. The number of rotatable bonds is 7. The van der Waals surface area contributed by atoms with Gasteiger partial charge in [0.25, 0.3) is 0 Å². The standard InChI is InChI=1S/C14H24N2O2.C14H28N2O2.C14H27NO2/c1-14(2,3)18-13(17)16(5)12-8-6-11(7-9-12)10-15-4;1-14(2,3)18-13(17)16(4)12-7-5-11(6-8-12)9-10-15;1-6-11-7-9-12(10-8-11)15(5)13(16)17-14(2,3)4/h11-12H,6-10H2,1-3,5H3;11-12H,5-10,15H2,1-4H3;11-12H,6-10H2,1-5H3. The quantitative estimate of drug-likeness (QED) is 0.203. The summed E-state index contributed by atoms with van der Waals surface area (Å²) in [5.41, 5.74) is 4.34. The maximum absolute atomic E-state index is 11.9. The highest BCUT2D eigenvalue weighted by atomic mass is 16.6. The van der Waals surface area contributed by atoms with Crippen LogP contribution in [0.4, 0.5) is 14.4 Å². The molecule has 3 fully saturated rings. The Balaban J connectivity index is 0.000000398. The minimum atomic E-state index is -0.438. The van der Waals surface area contributed by atoms with Gasteiger partial charge in [-0.05, 0) is 164 Å². The van der Waals surface area contributed by atoms with Gasteiger partial charge in [-0.15, -0.1) is 0 Å². The van der Waals surface area contributed by atoms with Gasteiger partial charge in [-0.1, -0.05) is 13.3 Å². The van der Waals surface area contributed by atoms with Crippen molar-refractivity contribution in [1.82, 2.24) is 14.7 Å². The van der Waals surface area contributed by atoms with Gasteiger partial charge in [0, 0.05) is 45.2 Å². The average molecular weight is 750 g/mol. The molecule has 0 unspecified atom stereocenters. The molecule has 11 heteroatoms. The first-order chi connectivity index (χ1) is 24.5. The van der Waals surface area contributed by atoms with E-state index in [2.05, 4.69) is 11.8 Å². The van der Waals surface area contributed by atoms with Crippen molar-refractivity contribution in [3.63, 3.8) is 0 Å². The van der Waals surface area contributed by atoms with Crippen molar-refractivity contribution in [3.05, 3.63) is 11.4 Å². The van der Waals surface area contributed by atoms with Crippen LogP contribution in [0.3, 0.4) is 0 Å². The second-order valence-corrected chi connectivity index (χ2v) is 18.6. The molecule has 0 aliphatic heterocycles. The molecule has 3 saturated carbocycles. The molecule has 0 spiro atoms. The Kier molecular flexibility index (Phi) is 20.6. The van der Waals surface area contributed by atoms with Crippen molar-refractivity contribution in [2.75, 3.05) is 34.2 Å². The normalized spacial score (nSPS) is 24.8. The van der Waals surface area contributed by atoms with E-state index in [0.717, 1.165) is 76.2 Å². The maximum atomic E-state index is 11.9. The average Bonchev–Trinajstić information content (AvgIpc) is 3.06. The minimum Gasteiger partial charge on any atom is -0.444 e. The summed E-state index contributed by atoms with van der Waals surface area (Å²) in [5, 5.41) is 0. The van der Waals surface area contributed by atoms with E-state index in [9.17, 15) is 14.4 Å². The third-order valence-electron chi connectivity index (χ3n) is 10.6. The van der Waals surface area contributed by atoms with Crippen molar-refractivity contribution in [2.45, 2.75) is 194 Å². The lowest BCUT2D eigenvalue weighted by Gasteiger charge is -2.35. The fourth-order valence-electron chi connectivity index (χ4n) is 7.29. The van der Waals surface area contributed by atoms with E-state index in [1.165, 1.54) is 32.1 Å². The summed E-state index contributed by atoms with van der Waals surface area (Å²) < 4.78 is 16.2. The summed E-state index contributed by atoms with van der Waals surface area (Å²) in [7, 11) is 5.53. The van der Waals surface area contributed by atoms with Gasteiger partial charge in [0.1, 0.15) is 16.8 Å². The van der Waals surface area contributed by atoms with Crippen LogP contribution in [0.2, 0.25) is 0 Å². The van der Waals surface area contributed by atoms with Crippen LogP contribution in [-0.4, -0.2) is 102 Å². The first-order valence-corrected chi connectivity index (χ1v) is 20.4. The predicted molar refractivity (Wildman–Crippen MR) is 215 cm³/mol. The first-order valence-electron chi connectivity index (χ1n) is 20.4. The number of ether oxygens (including phenoxy) is 3. The molecule has 3 aliphatic rings. The SMILES string of the molecule is CCC1CCC(N(C)C(=O)OC(C)(C)C)CC1.CN(C(=O)OC(C)(C)C)C1CCC(CCN)CC1.[C-]#[N+]CC1CCC(N(C)C(=O)OC(C)(C)C)CC1. The molecular weight excluding hydrogens is 670 g/mol. The van der Waals surface area contributed by atoms with Crippen LogP contribution in [0.1, 0.15) is 159 Å². The molecule has 3 rings (SSSR count). The van der Waals surface area contributed by atoms with Crippen LogP contribution in [0.15, 0.2) is 0 Å². The summed E-state index contributed by atoms with van der Waals surface area (Å²) in [6, 6.07) is 0.961. The zero-order chi connectivity index (χ0) is 40.6. The van der Waals surface area contributed by atoms with Crippen molar-refractivity contribution in [3.8, 4) is 0 Å². The van der Waals surface area contributed by atoms with E-state index in [4.69, 9.17) is 26.5 Å². The molecular formula is C42H79N5O6. The second-order valence-electron chi connectivity index (χ2n) is 18.6. The molecule has 0 aromatic rings. The summed E-state index contributed by atoms with van der Waals surface area (Å²) in [6.07, 6.45) is 15.0. The molecule has 0 saturated heterocycles. The molecule has 3 aliphatic carbocycles. The highest BCUT2D eigenvalue weighted by Gasteiger charge is 2.32. The molecule has 0 atom stereocenters. The monoisotopic (exact) mass is 750 g/mol. The van der Waals surface area contributed by atoms with Gasteiger partial charge in [-0.25, -0.2) is 21.0 Å². The molecule has 0 bridgehead atoms. The Morgan fingerprint density at radius 1 is 0.566 bits per heavy atom. The number of nitrogens with zero attached hydrogens (tertiary/aromatic N) is 4. The minimum absolute atomic E-state index is 0.183. The molecule has 0 radical (unpaired) electrons. The van der Waals surface area contributed by atoms with Gasteiger partial charge in [0.15, 0.2) is 0 Å². The second kappa shape index (κ2) is 22.6. The molecule has 2 N–H and O–H groups in total. The molecule has 308 valence electrons. The molecule has 0 aromatic carbocycles. The Bertz CT molecular complexity index is 1110. The molecule has 0 aromatic heterocycles. The van der Waals surface area contributed by atoms with Crippen LogP contribution in [-0.2, 0) is 14.2 Å². The van der Waals surface area contributed by atoms with Gasteiger partial charge in [-0.3, -0.25) is 0 Å². The zero-order valence-corrected chi connectivity index (χ0v) is 36.1. The number of amides is 3. The van der Waals surface area contributed by atoms with Crippen LogP contribution in [0, 0.1) is 24.3 Å². The van der Waals surface area contributed by atoms with Gasteiger partial charge >= 0.3 is 18.3 Å². The van der Waals surface area contributed by atoms with Crippen LogP contribution in [0.5, 0.6) is 0 Å². The lowest BCUT2D eigenvalue weighted by molar-refractivity contribution is 0.0161. The van der Waals surface area contributed by atoms with Gasteiger partial charge in [0.2, 0.25) is 6.54 Å². The van der Waals surface area contributed by atoms with E-state index >= 15 is 0 Å². The summed E-state index contributed by atoms with van der Waals surface area (Å²) in [5.74, 6) is 2.13. The predicted octanol–water partition coefficient (Wildman–Crippen LogP) is 9.91. The van der Waals surface area contributed by atoms with E-state index in [0.29, 0.717) is 24.5 Å². The van der Waals surface area contributed by atoms with Gasteiger partial charge < -0.3 is 39.5 Å². The molecule has 53 heavy (non-hydrogen) atoms. The number of hydrogen-bond acceptors (Lipinski definition) is 7. The topological polar surface area (TPSA) is 119 Å². The third-order valence-corrected chi connectivity index (χ3v) is 10.6. The highest BCUT2D eigenvalue weighted by Crippen LogP contribution is 2.31. The van der Waals surface area contributed by atoms with Crippen LogP contribution in [0.25, 0.3) is 4.85 Å². The fraction of sp³-hybridized carbons (Fsp3) is 0.905. The largest absolute Gasteiger partial charge is 0.444 e. The number of hydrogen-bond donors (Lipinski definition) is 1. The third kappa shape index (κ3) is 20.0. The van der Waals surface area contributed by atoms with E-state index in [1.54, 1.807) is 14.7 Å². The Morgan fingerprint density at radius 2 is 0.849 bits per heavy atom. The first kappa shape index (κ1) is 48.3. The highest BCUT2D eigenvalue weighted by molar-refractivity contribution is 5.69. The van der Waals surface area contributed by atoms with Gasteiger partial charge in [-0.2, -0.15) is 0 Å². The molecule has 0 heterocycles. The Hall–Kier alpha value is -2.74. The van der Waals surface area contributed by atoms with Crippen molar-refractivity contribution >= 4 is 18.3 Å². The fourth-order valence-corrected chi connectivity index (χ4v) is 7.29. The van der Waals surface area contributed by atoms with Crippen molar-refractivity contribution in [1.29, 1.82) is 0 Å². The molecule has 3 amide bonds. The summed E-state index contributed by atoms with van der Waals surface area (Å²) in [6.45, 7) is 27.6. The van der Waals surface area contributed by atoms with Crippen LogP contribution < -0.4 is 5.73 Å². The molecule has 11 nitrogen and oxygen atoms in total. The maximum Gasteiger partial charge on any atom is 0.410 e. The lowest BCUT2D eigenvalue weighted by atomic mass is 9.84. The van der Waals surface area contributed by atoms with E-state index < -0.39 is 16.8 Å². The van der Waals surface area contributed by atoms with Crippen molar-refractivity contribution in [2.24, 2.45) is 23.5 Å². The number of nitrogens with two attached hydrogens (primary N) is 1. The Labute approximate surface area is 324 Å². The summed E-state index contributed by atoms with van der Waals surface area (Å²) in [4.78, 5) is 44.5. The smallest absolute Gasteiger partial charge is 0.410 e. The summed E-state index contributed by atoms with van der Waals surface area (Å²) >= 11 is 0.